The van der Waals surface area contributed by atoms with E-state index < -0.39 is 0 Å². The fraction of sp³-hybridized carbons (Fsp3) is 0. The molecule has 0 amide bonds. The van der Waals surface area contributed by atoms with Crippen LogP contribution in [0.2, 0.25) is 0 Å². The molecule has 10 aromatic rings. The fourth-order valence-corrected chi connectivity index (χ4v) is 7.22. The van der Waals surface area contributed by atoms with E-state index in [1.54, 1.807) is 0 Å². The van der Waals surface area contributed by atoms with Gasteiger partial charge in [0.2, 0.25) is 0 Å². The number of hydrogen-bond donors (Lipinski definition) is 0. The molecule has 48 heavy (non-hydrogen) atoms. The van der Waals surface area contributed by atoms with Gasteiger partial charge in [0.05, 0.1) is 27.9 Å². The highest BCUT2D eigenvalue weighted by Gasteiger charge is 2.12. The molecular weight excluding hydrogens is 583 g/mol. The second-order valence-electron chi connectivity index (χ2n) is 12.4. The molecule has 10 rings (SSSR count). The number of benzene rings is 7. The predicted molar refractivity (Wildman–Crippen MR) is 201 cm³/mol. The van der Waals surface area contributed by atoms with E-state index in [0.717, 1.165) is 55.2 Å². The van der Waals surface area contributed by atoms with Crippen LogP contribution in [0.15, 0.2) is 164 Å². The van der Waals surface area contributed by atoms with Gasteiger partial charge in [0.25, 0.3) is 0 Å². The molecular formula is C45H27N3. The van der Waals surface area contributed by atoms with Gasteiger partial charge in [0.15, 0.2) is 0 Å². The van der Waals surface area contributed by atoms with E-state index in [4.69, 9.17) is 9.97 Å². The third kappa shape index (κ3) is 4.25. The molecule has 0 unspecified atom stereocenters. The zero-order valence-electron chi connectivity index (χ0n) is 25.9. The lowest BCUT2D eigenvalue weighted by atomic mass is 9.92. The minimum atomic E-state index is 0.890. The van der Waals surface area contributed by atoms with Gasteiger partial charge in [-0.3, -0.25) is 4.98 Å². The van der Waals surface area contributed by atoms with Crippen LogP contribution in [0.25, 0.3) is 98.7 Å². The summed E-state index contributed by atoms with van der Waals surface area (Å²) in [6.45, 7) is 0. The quantitative estimate of drug-likeness (QED) is 0.187. The number of fused-ring (bicyclic) bond motifs is 10. The molecule has 3 aromatic heterocycles. The highest BCUT2D eigenvalue weighted by molar-refractivity contribution is 6.25. The van der Waals surface area contributed by atoms with Crippen LogP contribution >= 0.6 is 0 Å². The van der Waals surface area contributed by atoms with Crippen LogP contribution in [-0.4, -0.2) is 15.0 Å². The molecule has 0 spiro atoms. The molecule has 0 bridgehead atoms. The summed E-state index contributed by atoms with van der Waals surface area (Å²) in [5.41, 5.74) is 9.04. The smallest absolute Gasteiger partial charge is 0.0972 e. The second-order valence-corrected chi connectivity index (χ2v) is 12.4. The summed E-state index contributed by atoms with van der Waals surface area (Å²) < 4.78 is 0. The molecule has 0 aliphatic carbocycles. The van der Waals surface area contributed by atoms with Crippen LogP contribution in [0, 0.1) is 0 Å². The molecule has 0 N–H and O–H groups in total. The van der Waals surface area contributed by atoms with Crippen molar-refractivity contribution in [1.82, 2.24) is 15.0 Å². The van der Waals surface area contributed by atoms with Crippen molar-refractivity contribution in [2.75, 3.05) is 0 Å². The van der Waals surface area contributed by atoms with Gasteiger partial charge in [-0.1, -0.05) is 127 Å². The third-order valence-corrected chi connectivity index (χ3v) is 9.66. The lowest BCUT2D eigenvalue weighted by Crippen LogP contribution is -1.91. The average Bonchev–Trinajstić information content (AvgIpc) is 3.17. The Morgan fingerprint density at radius 3 is 1.48 bits per heavy atom. The van der Waals surface area contributed by atoms with Gasteiger partial charge >= 0.3 is 0 Å². The molecule has 0 aliphatic rings. The van der Waals surface area contributed by atoms with Crippen molar-refractivity contribution in [2.45, 2.75) is 0 Å². The number of para-hydroxylation sites is 1. The van der Waals surface area contributed by atoms with Crippen LogP contribution in [0.5, 0.6) is 0 Å². The van der Waals surface area contributed by atoms with Gasteiger partial charge in [-0.05, 0) is 73.8 Å². The molecule has 0 fully saturated rings. The Morgan fingerprint density at radius 1 is 0.312 bits per heavy atom. The van der Waals surface area contributed by atoms with E-state index in [-0.39, 0.29) is 0 Å². The molecule has 0 saturated carbocycles. The van der Waals surface area contributed by atoms with E-state index in [9.17, 15) is 0 Å². The highest BCUT2D eigenvalue weighted by atomic mass is 14.8. The van der Waals surface area contributed by atoms with Gasteiger partial charge in [-0.2, -0.15) is 0 Å². The first-order valence-electron chi connectivity index (χ1n) is 16.3. The molecule has 0 atom stereocenters. The highest BCUT2D eigenvalue weighted by Crippen LogP contribution is 2.37. The topological polar surface area (TPSA) is 38.7 Å². The fourth-order valence-electron chi connectivity index (χ4n) is 7.22. The summed E-state index contributed by atoms with van der Waals surface area (Å²) in [5, 5.41) is 11.0. The Bertz CT molecular complexity index is 2850. The Balaban J connectivity index is 1.05. The van der Waals surface area contributed by atoms with Crippen molar-refractivity contribution >= 4 is 65.0 Å². The zero-order valence-corrected chi connectivity index (χ0v) is 25.9. The van der Waals surface area contributed by atoms with Crippen LogP contribution in [0.1, 0.15) is 0 Å². The van der Waals surface area contributed by atoms with Gasteiger partial charge in [-0.15, -0.1) is 0 Å². The minimum absolute atomic E-state index is 0.890. The number of nitrogens with zero attached hydrogens (tertiary/aromatic N) is 3. The Labute approximate surface area is 276 Å². The number of aromatic nitrogens is 3. The van der Waals surface area contributed by atoms with E-state index in [1.165, 1.54) is 43.4 Å². The van der Waals surface area contributed by atoms with Crippen molar-refractivity contribution in [3.05, 3.63) is 164 Å². The second kappa shape index (κ2) is 10.5. The average molecular weight is 610 g/mol. The zero-order chi connectivity index (χ0) is 31.6. The Hall–Kier alpha value is -6.45. The normalized spacial score (nSPS) is 11.8. The van der Waals surface area contributed by atoms with Crippen LogP contribution in [0.4, 0.5) is 0 Å². The molecule has 7 aromatic carbocycles. The van der Waals surface area contributed by atoms with Crippen LogP contribution in [0.3, 0.4) is 0 Å². The van der Waals surface area contributed by atoms with Gasteiger partial charge in [0.1, 0.15) is 0 Å². The molecule has 0 radical (unpaired) electrons. The van der Waals surface area contributed by atoms with Crippen LogP contribution in [-0.2, 0) is 0 Å². The lowest BCUT2D eigenvalue weighted by molar-refractivity contribution is 1.34. The predicted octanol–water partition coefficient (Wildman–Crippen LogP) is 11.8. The maximum absolute atomic E-state index is 5.19. The lowest BCUT2D eigenvalue weighted by Gasteiger charge is -2.12. The Kier molecular flexibility index (Phi) is 5.87. The molecule has 0 aliphatic heterocycles. The SMILES string of the molecule is c1ccc2ncc(-c3ccc4ccc5ccc(-c6ccc(-c7ccc8c9ccccc9c9ccccc9c8c7)cc6)nc5c4n3)cc2c1. The van der Waals surface area contributed by atoms with Gasteiger partial charge in [0, 0.05) is 33.5 Å². The Morgan fingerprint density at radius 2 is 0.812 bits per heavy atom. The van der Waals surface area contributed by atoms with Gasteiger partial charge in [-0.25, -0.2) is 9.97 Å². The maximum Gasteiger partial charge on any atom is 0.0972 e. The molecule has 0 saturated heterocycles. The first kappa shape index (κ1) is 26.7. The molecule has 3 heteroatoms. The standard InChI is InChI=1S/C45H27N3/c1-6-12-41-33(7-1)25-34(27-46-41)43-24-21-31-18-17-30-20-23-42(47-44(30)45(31)48-43)29-15-13-28(14-16-29)32-19-22-39-37-10-3-2-8-35(37)36-9-4-5-11-38(36)40(39)26-32/h1-27H. The first-order chi connectivity index (χ1) is 23.8. The van der Waals surface area contributed by atoms with Gasteiger partial charge < -0.3 is 0 Å². The maximum atomic E-state index is 5.19. The third-order valence-electron chi connectivity index (χ3n) is 9.66. The first-order valence-corrected chi connectivity index (χ1v) is 16.3. The van der Waals surface area contributed by atoms with E-state index in [1.807, 2.05) is 24.4 Å². The largest absolute Gasteiger partial charge is 0.256 e. The van der Waals surface area contributed by atoms with Crippen molar-refractivity contribution in [3.63, 3.8) is 0 Å². The van der Waals surface area contributed by atoms with E-state index in [0.29, 0.717) is 0 Å². The van der Waals surface area contributed by atoms with Crippen LogP contribution < -0.4 is 0 Å². The van der Waals surface area contributed by atoms with E-state index >= 15 is 0 Å². The monoisotopic (exact) mass is 609 g/mol. The van der Waals surface area contributed by atoms with Crippen molar-refractivity contribution in [3.8, 4) is 33.6 Å². The van der Waals surface area contributed by atoms with Crippen molar-refractivity contribution < 1.29 is 0 Å². The summed E-state index contributed by atoms with van der Waals surface area (Å²) in [4.78, 5) is 15.0. The van der Waals surface area contributed by atoms with Crippen molar-refractivity contribution in [2.24, 2.45) is 0 Å². The molecule has 222 valence electrons. The number of pyridine rings is 3. The molecule has 3 heterocycles. The number of rotatable bonds is 3. The summed E-state index contributed by atoms with van der Waals surface area (Å²) in [5.74, 6) is 0. The summed E-state index contributed by atoms with van der Waals surface area (Å²) in [6.07, 6.45) is 1.91. The minimum Gasteiger partial charge on any atom is -0.256 e. The molecule has 3 nitrogen and oxygen atoms in total. The summed E-state index contributed by atoms with van der Waals surface area (Å²) in [7, 11) is 0. The van der Waals surface area contributed by atoms with Crippen molar-refractivity contribution in [1.29, 1.82) is 0 Å². The summed E-state index contributed by atoms with van der Waals surface area (Å²) in [6, 6.07) is 56.1. The van der Waals surface area contributed by atoms with E-state index in [2.05, 4.69) is 145 Å². The summed E-state index contributed by atoms with van der Waals surface area (Å²) >= 11 is 0. The number of hydrogen-bond acceptors (Lipinski definition) is 3.